The second-order valence-electron chi connectivity index (χ2n) is 8.31. The van der Waals surface area contributed by atoms with E-state index in [2.05, 4.69) is 51.5 Å². The first-order chi connectivity index (χ1) is 13.6. The van der Waals surface area contributed by atoms with E-state index < -0.39 is 0 Å². The third-order valence-corrected chi connectivity index (χ3v) is 6.62. The van der Waals surface area contributed by atoms with E-state index in [1.165, 1.54) is 12.0 Å². The van der Waals surface area contributed by atoms with E-state index in [1.54, 1.807) is 11.0 Å². The van der Waals surface area contributed by atoms with Crippen molar-refractivity contribution in [3.63, 3.8) is 0 Å². The molecule has 6 nitrogen and oxygen atoms in total. The number of amides is 1. The van der Waals surface area contributed by atoms with Crippen LogP contribution in [0.5, 0.6) is 0 Å². The minimum absolute atomic E-state index is 0.215. The number of aromatic nitrogens is 3. The first-order valence-electron chi connectivity index (χ1n) is 10.5. The van der Waals surface area contributed by atoms with Gasteiger partial charge in [0, 0.05) is 32.1 Å². The number of carbonyl (C=O) groups excluding carboxylic acids is 1. The Kier molecular flexibility index (Phi) is 5.49. The lowest BCUT2D eigenvalue weighted by molar-refractivity contribution is -0.132. The van der Waals surface area contributed by atoms with Gasteiger partial charge in [0.2, 0.25) is 5.91 Å². The molecule has 1 aromatic carbocycles. The maximum Gasteiger partial charge on any atom is 0.228 e. The third kappa shape index (κ3) is 3.46. The third-order valence-electron chi connectivity index (χ3n) is 6.62. The number of benzene rings is 1. The second-order valence-corrected chi connectivity index (χ2v) is 8.31. The van der Waals surface area contributed by atoms with E-state index >= 15 is 0 Å². The fourth-order valence-corrected chi connectivity index (χ4v) is 5.39. The molecule has 3 heterocycles. The molecule has 2 aliphatic heterocycles. The van der Waals surface area contributed by atoms with Gasteiger partial charge >= 0.3 is 0 Å². The summed E-state index contributed by atoms with van der Waals surface area (Å²) in [4.78, 5) is 20.4. The van der Waals surface area contributed by atoms with Crippen LogP contribution in [-0.4, -0.2) is 50.7 Å². The molecule has 2 bridgehead atoms. The Hall–Kier alpha value is -2.21. The summed E-state index contributed by atoms with van der Waals surface area (Å²) < 4.78 is 1.77. The van der Waals surface area contributed by atoms with Crippen LogP contribution in [0, 0.1) is 5.41 Å². The normalized spacial score (nSPS) is 26.6. The van der Waals surface area contributed by atoms with Crippen molar-refractivity contribution in [2.75, 3.05) is 13.1 Å². The maximum atomic E-state index is 13.5. The summed E-state index contributed by atoms with van der Waals surface area (Å²) in [5.74, 6) is 1.12. The largest absolute Gasteiger partial charge is 0.355 e. The lowest BCUT2D eigenvalue weighted by Gasteiger charge is -2.36. The Morgan fingerprint density at radius 2 is 2.11 bits per heavy atom. The fourth-order valence-electron chi connectivity index (χ4n) is 5.39. The maximum absolute atomic E-state index is 13.5. The highest BCUT2D eigenvalue weighted by atomic mass is 16.2. The van der Waals surface area contributed by atoms with Gasteiger partial charge in [0.1, 0.15) is 12.2 Å². The predicted octanol–water partition coefficient (Wildman–Crippen LogP) is 2.35. The molecule has 2 fully saturated rings. The van der Waals surface area contributed by atoms with Crippen molar-refractivity contribution >= 4 is 5.91 Å². The monoisotopic (exact) mass is 381 g/mol. The molecule has 2 aromatic rings. The van der Waals surface area contributed by atoms with Gasteiger partial charge in [0.15, 0.2) is 0 Å². The number of hydrogen-bond acceptors (Lipinski definition) is 4. The van der Waals surface area contributed by atoms with Crippen LogP contribution >= 0.6 is 0 Å². The molecular formula is C22H31N5O. The van der Waals surface area contributed by atoms with Crippen LogP contribution in [0.4, 0.5) is 0 Å². The average Bonchev–Trinajstić information content (AvgIpc) is 3.37. The van der Waals surface area contributed by atoms with Crippen LogP contribution in [0.15, 0.2) is 36.7 Å². The van der Waals surface area contributed by atoms with Crippen LogP contribution in [-0.2, 0) is 24.7 Å². The molecule has 28 heavy (non-hydrogen) atoms. The smallest absolute Gasteiger partial charge is 0.228 e. The summed E-state index contributed by atoms with van der Waals surface area (Å²) in [5, 5.41) is 7.36. The SMILES string of the molecule is CCCN1[C@H]2CC[C@@H]1[C@](Cc1ccccc1)(C(=O)NCCc1ncnn1C)C2. The number of aryl methyl sites for hydroxylation is 1. The van der Waals surface area contributed by atoms with Gasteiger partial charge in [0.25, 0.3) is 0 Å². The van der Waals surface area contributed by atoms with E-state index in [4.69, 9.17) is 0 Å². The highest BCUT2D eigenvalue weighted by Crippen LogP contribution is 2.51. The minimum atomic E-state index is -0.320. The summed E-state index contributed by atoms with van der Waals surface area (Å²) in [6.07, 6.45) is 7.57. The summed E-state index contributed by atoms with van der Waals surface area (Å²) >= 11 is 0. The van der Waals surface area contributed by atoms with Gasteiger partial charge in [-0.15, -0.1) is 0 Å². The first-order valence-corrected chi connectivity index (χ1v) is 10.5. The Labute approximate surface area is 167 Å². The molecular weight excluding hydrogens is 350 g/mol. The fraction of sp³-hybridized carbons (Fsp3) is 0.591. The van der Waals surface area contributed by atoms with Gasteiger partial charge in [0.05, 0.1) is 5.41 Å². The topological polar surface area (TPSA) is 63.1 Å². The Balaban J connectivity index is 1.52. The first kappa shape index (κ1) is 19.1. The zero-order valence-electron chi connectivity index (χ0n) is 17.0. The molecule has 0 saturated carbocycles. The molecule has 0 radical (unpaired) electrons. The molecule has 2 saturated heterocycles. The molecule has 0 unspecified atom stereocenters. The molecule has 1 N–H and O–H groups in total. The number of carbonyl (C=O) groups is 1. The summed E-state index contributed by atoms with van der Waals surface area (Å²) in [6, 6.07) is 11.4. The van der Waals surface area contributed by atoms with Crippen LogP contribution in [0.3, 0.4) is 0 Å². The van der Waals surface area contributed by atoms with Gasteiger partial charge in [-0.3, -0.25) is 14.4 Å². The van der Waals surface area contributed by atoms with Crippen LogP contribution in [0.25, 0.3) is 0 Å². The predicted molar refractivity (Wildman–Crippen MR) is 109 cm³/mol. The number of nitrogens with one attached hydrogen (secondary N) is 1. The van der Waals surface area contributed by atoms with E-state index in [-0.39, 0.29) is 11.3 Å². The lowest BCUT2D eigenvalue weighted by atomic mass is 9.69. The molecule has 2 aliphatic rings. The molecule has 150 valence electrons. The zero-order valence-corrected chi connectivity index (χ0v) is 17.0. The molecule has 0 aliphatic carbocycles. The standard InChI is InChI=1S/C22H31N5O/c1-3-13-27-18-9-10-19(27)22(15-18,14-17-7-5-4-6-8-17)21(28)23-12-11-20-24-16-25-26(20)2/h4-8,16,18-19H,3,9-15H2,1-2H3,(H,23,28)/t18-,19+,22+/m0/s1. The Morgan fingerprint density at radius 3 is 2.82 bits per heavy atom. The lowest BCUT2D eigenvalue weighted by Crippen LogP contribution is -2.51. The van der Waals surface area contributed by atoms with E-state index in [1.807, 2.05) is 13.1 Å². The highest BCUT2D eigenvalue weighted by molar-refractivity contribution is 5.84. The van der Waals surface area contributed by atoms with Crippen LogP contribution in [0.1, 0.15) is 44.0 Å². The molecule has 6 heteroatoms. The van der Waals surface area contributed by atoms with E-state index in [0.29, 0.717) is 25.0 Å². The average molecular weight is 382 g/mol. The van der Waals surface area contributed by atoms with Gasteiger partial charge in [-0.2, -0.15) is 5.10 Å². The zero-order chi connectivity index (χ0) is 19.6. The van der Waals surface area contributed by atoms with Gasteiger partial charge in [-0.05, 0) is 44.2 Å². The van der Waals surface area contributed by atoms with Gasteiger partial charge in [-0.1, -0.05) is 37.3 Å². The van der Waals surface area contributed by atoms with Crippen molar-refractivity contribution in [3.8, 4) is 0 Å². The molecule has 1 amide bonds. The van der Waals surface area contributed by atoms with Crippen molar-refractivity contribution in [3.05, 3.63) is 48.0 Å². The van der Waals surface area contributed by atoms with Crippen LogP contribution < -0.4 is 5.32 Å². The number of rotatable bonds is 8. The van der Waals surface area contributed by atoms with Crippen molar-refractivity contribution in [2.24, 2.45) is 12.5 Å². The quantitative estimate of drug-likeness (QED) is 0.762. The van der Waals surface area contributed by atoms with Gasteiger partial charge in [-0.25, -0.2) is 4.98 Å². The van der Waals surface area contributed by atoms with Crippen molar-refractivity contribution in [1.29, 1.82) is 0 Å². The molecule has 1 aromatic heterocycles. The summed E-state index contributed by atoms with van der Waals surface area (Å²) in [6.45, 7) is 3.93. The number of hydrogen-bond donors (Lipinski definition) is 1. The highest BCUT2D eigenvalue weighted by Gasteiger charge is 2.59. The Morgan fingerprint density at radius 1 is 1.29 bits per heavy atom. The van der Waals surface area contributed by atoms with Crippen molar-refractivity contribution < 1.29 is 4.79 Å². The number of nitrogens with zero attached hydrogens (tertiary/aromatic N) is 4. The minimum Gasteiger partial charge on any atom is -0.355 e. The number of fused-ring (bicyclic) bond motifs is 2. The van der Waals surface area contributed by atoms with Crippen molar-refractivity contribution in [2.45, 2.75) is 57.5 Å². The summed E-state index contributed by atoms with van der Waals surface area (Å²) in [5.41, 5.74) is 0.939. The molecule has 3 atom stereocenters. The van der Waals surface area contributed by atoms with Crippen LogP contribution in [0.2, 0.25) is 0 Å². The Bertz CT molecular complexity index is 804. The molecule has 4 rings (SSSR count). The second kappa shape index (κ2) is 8.03. The summed E-state index contributed by atoms with van der Waals surface area (Å²) in [7, 11) is 1.89. The van der Waals surface area contributed by atoms with E-state index in [9.17, 15) is 4.79 Å². The van der Waals surface area contributed by atoms with Gasteiger partial charge < -0.3 is 5.32 Å². The van der Waals surface area contributed by atoms with Crippen molar-refractivity contribution in [1.82, 2.24) is 25.0 Å². The van der Waals surface area contributed by atoms with E-state index in [0.717, 1.165) is 38.1 Å². The molecule has 0 spiro atoms.